The molecule has 0 atom stereocenters. The van der Waals surface area contributed by atoms with Gasteiger partial charge in [-0.25, -0.2) is 0 Å². The zero-order chi connectivity index (χ0) is 14.6. The van der Waals surface area contributed by atoms with E-state index < -0.39 is 0 Å². The van der Waals surface area contributed by atoms with Crippen LogP contribution in [0.2, 0.25) is 8.67 Å². The van der Waals surface area contributed by atoms with Gasteiger partial charge in [0.05, 0.1) is 9.90 Å². The first-order valence-corrected chi connectivity index (χ1v) is 7.67. The van der Waals surface area contributed by atoms with Crippen molar-refractivity contribution < 1.29 is 4.79 Å². The van der Waals surface area contributed by atoms with Crippen molar-refractivity contribution >= 4 is 40.4 Å². The van der Waals surface area contributed by atoms with Crippen LogP contribution in [0.5, 0.6) is 0 Å². The van der Waals surface area contributed by atoms with E-state index in [9.17, 15) is 4.79 Å². The average molecular weight is 321 g/mol. The van der Waals surface area contributed by atoms with Gasteiger partial charge >= 0.3 is 0 Å². The van der Waals surface area contributed by atoms with Crippen LogP contribution in [-0.2, 0) is 0 Å². The van der Waals surface area contributed by atoms with E-state index in [1.807, 2.05) is 0 Å². The van der Waals surface area contributed by atoms with Crippen LogP contribution in [0.25, 0.3) is 0 Å². The number of amides is 1. The fourth-order valence-corrected chi connectivity index (χ4v) is 4.71. The van der Waals surface area contributed by atoms with Crippen molar-refractivity contribution in [2.75, 3.05) is 0 Å². The molecule has 1 amide bonds. The molecular weight excluding hydrogens is 303 g/mol. The zero-order valence-corrected chi connectivity index (χ0v) is 13.7. The Kier molecular flexibility index (Phi) is 3.67. The monoisotopic (exact) mass is 320 g/mol. The first-order valence-electron chi connectivity index (χ1n) is 6.09. The Labute approximate surface area is 127 Å². The quantitative estimate of drug-likeness (QED) is 0.875. The molecular formula is C13H18Cl2N2OS. The summed E-state index contributed by atoms with van der Waals surface area (Å²) in [5.41, 5.74) is 6.34. The van der Waals surface area contributed by atoms with Crippen LogP contribution in [0.15, 0.2) is 6.07 Å². The lowest BCUT2D eigenvalue weighted by Crippen LogP contribution is -2.76. The number of hydrogen-bond donors (Lipinski definition) is 2. The molecule has 0 saturated heterocycles. The van der Waals surface area contributed by atoms with E-state index in [1.54, 1.807) is 6.07 Å². The molecule has 1 aromatic heterocycles. The molecule has 1 fully saturated rings. The first kappa shape index (κ1) is 15.1. The van der Waals surface area contributed by atoms with E-state index in [4.69, 9.17) is 28.9 Å². The maximum absolute atomic E-state index is 12.3. The molecule has 2 rings (SSSR count). The van der Waals surface area contributed by atoms with Gasteiger partial charge in [-0.15, -0.1) is 11.3 Å². The Morgan fingerprint density at radius 3 is 2.26 bits per heavy atom. The van der Waals surface area contributed by atoms with Gasteiger partial charge in [0.2, 0.25) is 0 Å². The lowest BCUT2D eigenvalue weighted by atomic mass is 9.48. The summed E-state index contributed by atoms with van der Waals surface area (Å²) in [6.45, 7) is 8.26. The third kappa shape index (κ3) is 2.29. The highest BCUT2D eigenvalue weighted by atomic mass is 35.5. The number of hydrogen-bond acceptors (Lipinski definition) is 3. The molecule has 0 aliphatic heterocycles. The molecule has 6 heteroatoms. The molecule has 3 nitrogen and oxygen atoms in total. The Hall–Kier alpha value is -0.290. The van der Waals surface area contributed by atoms with E-state index in [-0.39, 0.29) is 28.8 Å². The van der Waals surface area contributed by atoms with E-state index >= 15 is 0 Å². The minimum absolute atomic E-state index is 0.0113. The lowest BCUT2D eigenvalue weighted by Gasteiger charge is -2.62. The SMILES string of the molecule is CC1(C)C(N)C(C)(C)C1NC(=O)c1cc(Cl)sc1Cl. The summed E-state index contributed by atoms with van der Waals surface area (Å²) in [6.07, 6.45) is 0. The van der Waals surface area contributed by atoms with Crippen molar-refractivity contribution in [1.82, 2.24) is 5.32 Å². The lowest BCUT2D eigenvalue weighted by molar-refractivity contribution is -0.0663. The summed E-state index contributed by atoms with van der Waals surface area (Å²) >= 11 is 13.1. The molecule has 1 aliphatic rings. The van der Waals surface area contributed by atoms with Crippen LogP contribution in [0.3, 0.4) is 0 Å². The average Bonchev–Trinajstić information content (AvgIpc) is 2.63. The Bertz CT molecular complexity index is 509. The normalized spacial score (nSPS) is 27.7. The fourth-order valence-electron chi connectivity index (χ4n) is 3.26. The van der Waals surface area contributed by atoms with Gasteiger partial charge in [0.15, 0.2) is 0 Å². The van der Waals surface area contributed by atoms with Crippen LogP contribution in [0, 0.1) is 10.8 Å². The van der Waals surface area contributed by atoms with Gasteiger partial charge in [-0.05, 0) is 6.07 Å². The predicted octanol–water partition coefficient (Wildman–Crippen LogP) is 3.55. The van der Waals surface area contributed by atoms with E-state index in [2.05, 4.69) is 33.0 Å². The number of nitrogens with one attached hydrogen (secondary N) is 1. The van der Waals surface area contributed by atoms with Gasteiger partial charge in [0.1, 0.15) is 4.34 Å². The van der Waals surface area contributed by atoms with Crippen molar-refractivity contribution in [2.45, 2.75) is 39.8 Å². The molecule has 0 unspecified atom stereocenters. The Morgan fingerprint density at radius 2 is 1.84 bits per heavy atom. The Morgan fingerprint density at radius 1 is 1.32 bits per heavy atom. The standard InChI is InChI=1S/C13H18Cl2N2OS/c1-12(2)10(16)13(3,4)11(12)17-9(18)6-5-7(14)19-8(6)15/h5,10-11H,16H2,1-4H3,(H,17,18). The van der Waals surface area contributed by atoms with E-state index in [0.717, 1.165) is 0 Å². The smallest absolute Gasteiger partial charge is 0.253 e. The maximum Gasteiger partial charge on any atom is 0.253 e. The number of thiophene rings is 1. The topological polar surface area (TPSA) is 55.1 Å². The van der Waals surface area contributed by atoms with Crippen molar-refractivity contribution in [3.8, 4) is 0 Å². The zero-order valence-electron chi connectivity index (χ0n) is 11.4. The van der Waals surface area contributed by atoms with Crippen LogP contribution in [-0.4, -0.2) is 18.0 Å². The van der Waals surface area contributed by atoms with E-state index in [0.29, 0.717) is 14.2 Å². The molecule has 19 heavy (non-hydrogen) atoms. The summed E-state index contributed by atoms with van der Waals surface area (Å²) in [5, 5.41) is 3.04. The molecule has 1 heterocycles. The number of carbonyl (C=O) groups excluding carboxylic acids is 1. The van der Waals surface area contributed by atoms with Crippen molar-refractivity contribution in [3.63, 3.8) is 0 Å². The second-order valence-corrected chi connectivity index (χ2v) is 8.55. The number of carbonyl (C=O) groups is 1. The summed E-state index contributed by atoms with van der Waals surface area (Å²) in [5.74, 6) is -0.189. The second-order valence-electron chi connectivity index (χ2n) is 6.26. The molecule has 0 radical (unpaired) electrons. The third-order valence-electron chi connectivity index (χ3n) is 4.27. The van der Waals surface area contributed by atoms with Gasteiger partial charge in [-0.3, -0.25) is 4.79 Å². The molecule has 0 spiro atoms. The molecule has 106 valence electrons. The van der Waals surface area contributed by atoms with Crippen LogP contribution >= 0.6 is 34.5 Å². The van der Waals surface area contributed by atoms with Crippen LogP contribution in [0.1, 0.15) is 38.1 Å². The summed E-state index contributed by atoms with van der Waals surface area (Å²) < 4.78 is 0.931. The molecule has 1 aliphatic carbocycles. The third-order valence-corrected chi connectivity index (χ3v) is 5.76. The minimum Gasteiger partial charge on any atom is -0.348 e. The largest absolute Gasteiger partial charge is 0.348 e. The van der Waals surface area contributed by atoms with Crippen LogP contribution in [0.4, 0.5) is 0 Å². The highest BCUT2D eigenvalue weighted by Gasteiger charge is 2.60. The molecule has 3 N–H and O–H groups in total. The predicted molar refractivity (Wildman–Crippen MR) is 81.1 cm³/mol. The summed E-state index contributed by atoms with van der Waals surface area (Å²) in [6, 6.07) is 1.66. The fraction of sp³-hybridized carbons (Fsp3) is 0.615. The maximum atomic E-state index is 12.3. The van der Waals surface area contributed by atoms with Gasteiger partial charge < -0.3 is 11.1 Å². The molecule has 0 bridgehead atoms. The van der Waals surface area contributed by atoms with Crippen LogP contribution < -0.4 is 11.1 Å². The van der Waals surface area contributed by atoms with Gasteiger partial charge in [0, 0.05) is 22.9 Å². The summed E-state index contributed by atoms with van der Waals surface area (Å²) in [4.78, 5) is 12.3. The number of halogens is 2. The van der Waals surface area contributed by atoms with Gasteiger partial charge in [0.25, 0.3) is 5.91 Å². The van der Waals surface area contributed by atoms with Crippen molar-refractivity contribution in [1.29, 1.82) is 0 Å². The minimum atomic E-state index is -0.189. The molecule has 0 aromatic carbocycles. The number of rotatable bonds is 2. The molecule has 1 saturated carbocycles. The van der Waals surface area contributed by atoms with Crippen molar-refractivity contribution in [3.05, 3.63) is 20.3 Å². The molecule has 1 aromatic rings. The van der Waals surface area contributed by atoms with Gasteiger partial charge in [-0.1, -0.05) is 50.9 Å². The van der Waals surface area contributed by atoms with E-state index in [1.165, 1.54) is 11.3 Å². The van der Waals surface area contributed by atoms with Gasteiger partial charge in [-0.2, -0.15) is 0 Å². The Balaban J connectivity index is 2.18. The highest BCUT2D eigenvalue weighted by Crippen LogP contribution is 2.52. The second kappa shape index (κ2) is 4.62. The highest BCUT2D eigenvalue weighted by molar-refractivity contribution is 7.20. The summed E-state index contributed by atoms with van der Waals surface area (Å²) in [7, 11) is 0. The number of nitrogens with two attached hydrogens (primary N) is 1. The first-order chi connectivity index (χ1) is 8.58. The van der Waals surface area contributed by atoms with Crippen molar-refractivity contribution in [2.24, 2.45) is 16.6 Å².